The molecule has 62 valence electrons. The van der Waals surface area contributed by atoms with Gasteiger partial charge >= 0.3 is 5.97 Å². The molecule has 0 spiro atoms. The molecule has 0 aromatic heterocycles. The van der Waals surface area contributed by atoms with Gasteiger partial charge in [0.15, 0.2) is 0 Å². The highest BCUT2D eigenvalue weighted by atomic mass is 16.4. The van der Waals surface area contributed by atoms with E-state index in [1.165, 1.54) is 0 Å². The lowest BCUT2D eigenvalue weighted by Gasteiger charge is -1.93. The van der Waals surface area contributed by atoms with Crippen molar-refractivity contribution in [1.82, 2.24) is 0 Å². The van der Waals surface area contributed by atoms with Gasteiger partial charge in [0, 0.05) is 5.69 Å². The van der Waals surface area contributed by atoms with E-state index in [4.69, 9.17) is 10.8 Å². The Balaban J connectivity index is 2.83. The van der Waals surface area contributed by atoms with Crippen LogP contribution in [0.3, 0.4) is 0 Å². The Bertz CT molecular complexity index is 321. The van der Waals surface area contributed by atoms with Gasteiger partial charge < -0.3 is 10.8 Å². The smallest absolute Gasteiger partial charge is 0.346 e. The van der Waals surface area contributed by atoms with E-state index in [2.05, 4.69) is 4.99 Å². The van der Waals surface area contributed by atoms with E-state index >= 15 is 0 Å². The zero-order chi connectivity index (χ0) is 8.97. The van der Waals surface area contributed by atoms with Crippen LogP contribution in [0, 0.1) is 0 Å². The molecule has 1 rings (SSSR count). The largest absolute Gasteiger partial charge is 0.477 e. The lowest BCUT2D eigenvalue weighted by molar-refractivity contribution is -0.128. The van der Waals surface area contributed by atoms with E-state index < -0.39 is 5.97 Å². The molecule has 0 aliphatic heterocycles. The highest BCUT2D eigenvalue weighted by Gasteiger charge is 1.90. The summed E-state index contributed by atoms with van der Waals surface area (Å²) in [6.45, 7) is 0. The topological polar surface area (TPSA) is 75.7 Å². The van der Waals surface area contributed by atoms with Crippen molar-refractivity contribution in [3.8, 4) is 0 Å². The van der Waals surface area contributed by atoms with Crippen LogP contribution < -0.4 is 5.73 Å². The number of carboxylic acids is 1. The molecule has 0 aliphatic carbocycles. The van der Waals surface area contributed by atoms with Crippen LogP contribution in [0.1, 0.15) is 0 Å². The molecular formula is C8H8N2O2. The van der Waals surface area contributed by atoms with Crippen LogP contribution in [-0.4, -0.2) is 17.3 Å². The zero-order valence-electron chi connectivity index (χ0n) is 6.27. The molecular weight excluding hydrogens is 156 g/mol. The number of carboxylic acid groups (broad SMARTS) is 1. The molecule has 0 saturated carbocycles. The first-order valence-corrected chi connectivity index (χ1v) is 3.31. The van der Waals surface area contributed by atoms with Crippen LogP contribution in [0.25, 0.3) is 0 Å². The van der Waals surface area contributed by atoms with Gasteiger partial charge in [0.1, 0.15) is 6.21 Å². The Labute approximate surface area is 69.4 Å². The van der Waals surface area contributed by atoms with Crippen LogP contribution in [0.5, 0.6) is 0 Å². The van der Waals surface area contributed by atoms with Crippen molar-refractivity contribution in [3.63, 3.8) is 0 Å². The molecule has 0 fully saturated rings. The molecule has 0 unspecified atom stereocenters. The van der Waals surface area contributed by atoms with Gasteiger partial charge in [0.25, 0.3) is 0 Å². The fourth-order valence-electron chi connectivity index (χ4n) is 0.735. The summed E-state index contributed by atoms with van der Waals surface area (Å²) in [5, 5.41) is 8.26. The Hall–Kier alpha value is -1.84. The maximum Gasteiger partial charge on any atom is 0.346 e. The van der Waals surface area contributed by atoms with E-state index in [1.54, 1.807) is 24.3 Å². The summed E-state index contributed by atoms with van der Waals surface area (Å²) >= 11 is 0. The lowest BCUT2D eigenvalue weighted by atomic mass is 10.3. The number of carbonyl (C=O) groups is 1. The zero-order valence-corrected chi connectivity index (χ0v) is 6.27. The monoisotopic (exact) mass is 164 g/mol. The van der Waals surface area contributed by atoms with Crippen molar-refractivity contribution in [2.75, 3.05) is 5.73 Å². The van der Waals surface area contributed by atoms with Gasteiger partial charge in [-0.15, -0.1) is 0 Å². The molecule has 4 heteroatoms. The highest BCUT2D eigenvalue weighted by Crippen LogP contribution is 2.14. The maximum atomic E-state index is 10.1. The van der Waals surface area contributed by atoms with Gasteiger partial charge in [-0.2, -0.15) is 0 Å². The molecule has 12 heavy (non-hydrogen) atoms. The number of nitrogens with two attached hydrogens (primary N) is 1. The molecule has 0 saturated heterocycles. The van der Waals surface area contributed by atoms with E-state index in [1.807, 2.05) is 0 Å². The second-order valence-electron chi connectivity index (χ2n) is 2.19. The van der Waals surface area contributed by atoms with E-state index in [-0.39, 0.29) is 0 Å². The number of aliphatic carboxylic acids is 1. The first-order valence-electron chi connectivity index (χ1n) is 3.31. The van der Waals surface area contributed by atoms with Crippen LogP contribution in [0.4, 0.5) is 11.4 Å². The summed E-state index contributed by atoms with van der Waals surface area (Å²) in [5.41, 5.74) is 6.55. The van der Waals surface area contributed by atoms with Crippen molar-refractivity contribution >= 4 is 23.6 Å². The van der Waals surface area contributed by atoms with Crippen molar-refractivity contribution in [1.29, 1.82) is 0 Å². The number of anilines is 1. The number of aliphatic imine (C=N–C) groups is 1. The Morgan fingerprint density at radius 2 is 2.33 bits per heavy atom. The molecule has 0 bridgehead atoms. The summed E-state index contributed by atoms with van der Waals surface area (Å²) < 4.78 is 0. The molecule has 0 aliphatic rings. The predicted octanol–water partition coefficient (Wildman–Crippen LogP) is 1.06. The first-order chi connectivity index (χ1) is 5.68. The Morgan fingerprint density at radius 3 is 2.92 bits per heavy atom. The Morgan fingerprint density at radius 1 is 1.58 bits per heavy atom. The first kappa shape index (κ1) is 8.26. The summed E-state index contributed by atoms with van der Waals surface area (Å²) in [7, 11) is 0. The summed E-state index contributed by atoms with van der Waals surface area (Å²) in [4.78, 5) is 13.7. The standard InChI is InChI=1S/C8H8N2O2/c9-6-2-1-3-7(4-6)10-5-8(11)12/h1-5H,9H2,(H,11,12)/b10-5+. The van der Waals surface area contributed by atoms with Gasteiger partial charge in [-0.1, -0.05) is 6.07 Å². The highest BCUT2D eigenvalue weighted by molar-refractivity contribution is 6.22. The van der Waals surface area contributed by atoms with E-state index in [0.717, 1.165) is 6.21 Å². The van der Waals surface area contributed by atoms with Crippen LogP contribution in [-0.2, 0) is 4.79 Å². The fourth-order valence-corrected chi connectivity index (χ4v) is 0.735. The number of nitrogens with zero attached hydrogens (tertiary/aromatic N) is 1. The molecule has 0 atom stereocenters. The molecule has 4 nitrogen and oxygen atoms in total. The fraction of sp³-hybridized carbons (Fsp3) is 0. The normalized spacial score (nSPS) is 10.3. The lowest BCUT2D eigenvalue weighted by Crippen LogP contribution is -1.93. The molecule has 3 N–H and O–H groups in total. The average molecular weight is 164 g/mol. The molecule has 0 heterocycles. The van der Waals surface area contributed by atoms with Crippen LogP contribution >= 0.6 is 0 Å². The molecule has 0 amide bonds. The van der Waals surface area contributed by atoms with Crippen molar-refractivity contribution in [2.24, 2.45) is 4.99 Å². The maximum absolute atomic E-state index is 10.1. The van der Waals surface area contributed by atoms with Crippen molar-refractivity contribution in [2.45, 2.75) is 0 Å². The minimum Gasteiger partial charge on any atom is -0.477 e. The minimum atomic E-state index is -1.07. The average Bonchev–Trinajstić information content (AvgIpc) is 2.01. The van der Waals surface area contributed by atoms with Gasteiger partial charge in [-0.05, 0) is 18.2 Å². The van der Waals surface area contributed by atoms with E-state index in [9.17, 15) is 4.79 Å². The van der Waals surface area contributed by atoms with Gasteiger partial charge in [-0.3, -0.25) is 0 Å². The number of hydrogen-bond donors (Lipinski definition) is 2. The second kappa shape index (κ2) is 3.52. The molecule has 1 aromatic carbocycles. The van der Waals surface area contributed by atoms with Gasteiger partial charge in [-0.25, -0.2) is 9.79 Å². The predicted molar refractivity (Wildman–Crippen MR) is 46.6 cm³/mol. The molecule has 0 radical (unpaired) electrons. The van der Waals surface area contributed by atoms with Crippen LogP contribution in [0.2, 0.25) is 0 Å². The van der Waals surface area contributed by atoms with Crippen LogP contribution in [0.15, 0.2) is 29.3 Å². The summed E-state index contributed by atoms with van der Waals surface area (Å²) in [6, 6.07) is 6.69. The second-order valence-corrected chi connectivity index (χ2v) is 2.19. The number of rotatable bonds is 2. The summed E-state index contributed by atoms with van der Waals surface area (Å²) in [6.07, 6.45) is 0.828. The van der Waals surface area contributed by atoms with E-state index in [0.29, 0.717) is 11.4 Å². The van der Waals surface area contributed by atoms with Crippen molar-refractivity contribution < 1.29 is 9.90 Å². The third-order valence-corrected chi connectivity index (χ3v) is 1.19. The van der Waals surface area contributed by atoms with Gasteiger partial charge in [0.05, 0.1) is 5.69 Å². The van der Waals surface area contributed by atoms with Crippen molar-refractivity contribution in [3.05, 3.63) is 24.3 Å². The SMILES string of the molecule is Nc1cccc(/N=C/C(=O)O)c1. The number of nitrogen functional groups attached to an aromatic ring is 1. The van der Waals surface area contributed by atoms with Gasteiger partial charge in [0.2, 0.25) is 0 Å². The Kier molecular flexibility index (Phi) is 2.42. The summed E-state index contributed by atoms with van der Waals surface area (Å²) in [5.74, 6) is -1.07. The minimum absolute atomic E-state index is 0.539. The third kappa shape index (κ3) is 2.42. The quantitative estimate of drug-likeness (QED) is 0.506. The number of benzene rings is 1. The third-order valence-electron chi connectivity index (χ3n) is 1.19. The molecule has 1 aromatic rings. The number of hydrogen-bond acceptors (Lipinski definition) is 3.